The molecule has 1 amide bonds. The summed E-state index contributed by atoms with van der Waals surface area (Å²) in [4.78, 5) is 21.3. The fraction of sp³-hybridized carbons (Fsp3) is 0.588. The van der Waals surface area contributed by atoms with E-state index < -0.39 is 0 Å². The third kappa shape index (κ3) is 3.31. The van der Waals surface area contributed by atoms with E-state index in [9.17, 15) is 4.79 Å². The minimum atomic E-state index is -0.0885. The number of rotatable bonds is 3. The number of hydrogen-bond donors (Lipinski definition) is 2. The number of anilines is 2. The van der Waals surface area contributed by atoms with Crippen molar-refractivity contribution in [3.63, 3.8) is 0 Å². The second-order valence-corrected chi connectivity index (χ2v) is 7.74. The lowest BCUT2D eigenvalue weighted by Gasteiger charge is -2.24. The van der Waals surface area contributed by atoms with Gasteiger partial charge < -0.3 is 4.90 Å². The van der Waals surface area contributed by atoms with E-state index in [1.165, 1.54) is 49.0 Å². The Bertz CT molecular complexity index is 693. The molecule has 1 saturated heterocycles. The predicted molar refractivity (Wildman–Crippen MR) is 96.0 cm³/mol. The first-order valence-electron chi connectivity index (χ1n) is 8.90. The number of fused-ring (bicyclic) bond motifs is 1. The average Bonchev–Trinajstić information content (AvgIpc) is 3.18. The minimum absolute atomic E-state index is 0.0885. The molecule has 128 valence electrons. The summed E-state index contributed by atoms with van der Waals surface area (Å²) in [5.74, 6) is 1.03. The Morgan fingerprint density at radius 2 is 1.92 bits per heavy atom. The second-order valence-electron chi connectivity index (χ2n) is 6.61. The molecule has 0 atom stereocenters. The van der Waals surface area contributed by atoms with E-state index in [2.05, 4.69) is 31.5 Å². The van der Waals surface area contributed by atoms with Crippen LogP contribution in [0.25, 0.3) is 0 Å². The van der Waals surface area contributed by atoms with Gasteiger partial charge in [-0.1, -0.05) is 6.42 Å². The third-order valence-electron chi connectivity index (χ3n) is 4.81. The third-order valence-corrected chi connectivity index (χ3v) is 6.05. The number of nitrogens with zero attached hydrogens (tertiary/aromatic N) is 3. The molecule has 6 nitrogen and oxygen atoms in total. The van der Waals surface area contributed by atoms with Crippen molar-refractivity contribution in [1.82, 2.24) is 15.2 Å². The van der Waals surface area contributed by atoms with Crippen molar-refractivity contribution in [3.05, 3.63) is 21.4 Å². The van der Waals surface area contributed by atoms with Gasteiger partial charge in [0.15, 0.2) is 0 Å². The minimum Gasteiger partial charge on any atom is -0.340 e. The number of thiophene rings is 1. The van der Waals surface area contributed by atoms with Gasteiger partial charge >= 0.3 is 0 Å². The SMILES string of the molecule is O=C(Nc1nc(N2CCCCC2)n[nH]1)c1cc2c(s1)CCCCC2. The van der Waals surface area contributed by atoms with Crippen molar-refractivity contribution in [2.75, 3.05) is 23.3 Å². The summed E-state index contributed by atoms with van der Waals surface area (Å²) in [5.41, 5.74) is 1.36. The highest BCUT2D eigenvalue weighted by atomic mass is 32.1. The molecular formula is C17H23N5OS. The number of nitrogens with one attached hydrogen (secondary N) is 2. The molecule has 3 heterocycles. The lowest BCUT2D eigenvalue weighted by molar-refractivity contribution is 0.102. The van der Waals surface area contributed by atoms with Crippen LogP contribution < -0.4 is 10.2 Å². The van der Waals surface area contributed by atoms with E-state index in [1.807, 2.05) is 0 Å². The lowest BCUT2D eigenvalue weighted by Crippen LogP contribution is -2.30. The maximum atomic E-state index is 12.5. The second kappa shape index (κ2) is 6.93. The maximum Gasteiger partial charge on any atom is 0.268 e. The van der Waals surface area contributed by atoms with Crippen molar-refractivity contribution in [1.29, 1.82) is 0 Å². The van der Waals surface area contributed by atoms with Crippen molar-refractivity contribution >= 4 is 29.1 Å². The summed E-state index contributed by atoms with van der Waals surface area (Å²) in [5, 5.41) is 9.95. The Morgan fingerprint density at radius 3 is 2.79 bits per heavy atom. The number of aromatic amines is 1. The molecule has 0 spiro atoms. The van der Waals surface area contributed by atoms with Crippen LogP contribution in [0.1, 0.15) is 58.6 Å². The van der Waals surface area contributed by atoms with Crippen LogP contribution in [0.15, 0.2) is 6.07 Å². The van der Waals surface area contributed by atoms with Crippen molar-refractivity contribution in [3.8, 4) is 0 Å². The molecule has 0 unspecified atom stereocenters. The zero-order valence-electron chi connectivity index (χ0n) is 13.8. The van der Waals surface area contributed by atoms with Gasteiger partial charge in [-0.15, -0.1) is 16.4 Å². The summed E-state index contributed by atoms with van der Waals surface area (Å²) < 4.78 is 0. The Hall–Kier alpha value is -1.89. The molecule has 0 radical (unpaired) electrons. The summed E-state index contributed by atoms with van der Waals surface area (Å²) in [7, 11) is 0. The summed E-state index contributed by atoms with van der Waals surface area (Å²) >= 11 is 1.63. The molecule has 0 saturated carbocycles. The number of aryl methyl sites for hydroxylation is 2. The molecule has 1 fully saturated rings. The van der Waals surface area contributed by atoms with Gasteiger partial charge in [0, 0.05) is 18.0 Å². The van der Waals surface area contributed by atoms with Gasteiger partial charge in [0.05, 0.1) is 4.88 Å². The number of carbonyl (C=O) groups excluding carboxylic acids is 1. The van der Waals surface area contributed by atoms with E-state index >= 15 is 0 Å². The van der Waals surface area contributed by atoms with E-state index in [-0.39, 0.29) is 5.91 Å². The number of carbonyl (C=O) groups is 1. The maximum absolute atomic E-state index is 12.5. The first-order chi connectivity index (χ1) is 11.8. The van der Waals surface area contributed by atoms with Crippen LogP contribution in [-0.2, 0) is 12.8 Å². The molecule has 4 rings (SSSR count). The summed E-state index contributed by atoms with van der Waals surface area (Å²) in [6.45, 7) is 1.98. The van der Waals surface area contributed by atoms with E-state index in [0.717, 1.165) is 30.8 Å². The van der Waals surface area contributed by atoms with Gasteiger partial charge in [0.25, 0.3) is 5.91 Å². The molecular weight excluding hydrogens is 322 g/mol. The zero-order chi connectivity index (χ0) is 16.4. The first-order valence-corrected chi connectivity index (χ1v) is 9.71. The quantitative estimate of drug-likeness (QED) is 0.837. The van der Waals surface area contributed by atoms with Crippen molar-refractivity contribution in [2.24, 2.45) is 0 Å². The van der Waals surface area contributed by atoms with Crippen molar-refractivity contribution < 1.29 is 4.79 Å². The Labute approximate surface area is 145 Å². The average molecular weight is 345 g/mol. The molecule has 7 heteroatoms. The van der Waals surface area contributed by atoms with Gasteiger partial charge in [-0.25, -0.2) is 5.10 Å². The molecule has 2 aromatic rings. The molecule has 1 aliphatic carbocycles. The number of H-pyrrole nitrogens is 1. The first kappa shape index (κ1) is 15.6. The van der Waals surface area contributed by atoms with Crippen LogP contribution >= 0.6 is 11.3 Å². The molecule has 1 aliphatic heterocycles. The van der Waals surface area contributed by atoms with Crippen LogP contribution in [0.4, 0.5) is 11.9 Å². The molecule has 2 aromatic heterocycles. The van der Waals surface area contributed by atoms with Gasteiger partial charge in [-0.3, -0.25) is 10.1 Å². The molecule has 0 aromatic carbocycles. The largest absolute Gasteiger partial charge is 0.340 e. The number of piperidine rings is 1. The van der Waals surface area contributed by atoms with Crippen LogP contribution in [0, 0.1) is 0 Å². The van der Waals surface area contributed by atoms with E-state index in [4.69, 9.17) is 0 Å². The Morgan fingerprint density at radius 1 is 1.12 bits per heavy atom. The van der Waals surface area contributed by atoms with Gasteiger partial charge in [0.2, 0.25) is 11.9 Å². The molecule has 2 aliphatic rings. The van der Waals surface area contributed by atoms with Crippen molar-refractivity contribution in [2.45, 2.75) is 51.4 Å². The van der Waals surface area contributed by atoms with Gasteiger partial charge in [0.1, 0.15) is 0 Å². The van der Waals surface area contributed by atoms with Crippen LogP contribution in [-0.4, -0.2) is 34.2 Å². The van der Waals surface area contributed by atoms with Crippen LogP contribution in [0.5, 0.6) is 0 Å². The highest BCUT2D eigenvalue weighted by Gasteiger charge is 2.19. The number of aromatic nitrogens is 3. The topological polar surface area (TPSA) is 73.9 Å². The summed E-state index contributed by atoms with van der Waals surface area (Å²) in [6, 6.07) is 2.06. The normalized spacial score (nSPS) is 18.1. The fourth-order valence-corrected chi connectivity index (χ4v) is 4.64. The standard InChI is InChI=1S/C17H23N5OS/c23-15(14-11-12-7-3-1-4-8-13(12)24-14)18-16-19-17(21-20-16)22-9-5-2-6-10-22/h11H,1-10H2,(H2,18,19,20,21,23). The van der Waals surface area contributed by atoms with E-state index in [0.29, 0.717) is 11.9 Å². The number of amides is 1. The zero-order valence-corrected chi connectivity index (χ0v) is 14.6. The number of hydrogen-bond acceptors (Lipinski definition) is 5. The fourth-order valence-electron chi connectivity index (χ4n) is 3.49. The lowest BCUT2D eigenvalue weighted by atomic mass is 10.1. The predicted octanol–water partition coefficient (Wildman–Crippen LogP) is 3.38. The molecule has 0 bridgehead atoms. The van der Waals surface area contributed by atoms with E-state index in [1.54, 1.807) is 11.3 Å². The van der Waals surface area contributed by atoms with Gasteiger partial charge in [-0.2, -0.15) is 4.98 Å². The monoisotopic (exact) mass is 345 g/mol. The van der Waals surface area contributed by atoms with Gasteiger partial charge in [-0.05, 0) is 56.6 Å². The van der Waals surface area contributed by atoms with Crippen LogP contribution in [0.2, 0.25) is 0 Å². The highest BCUT2D eigenvalue weighted by molar-refractivity contribution is 7.14. The molecule has 2 N–H and O–H groups in total. The molecule has 24 heavy (non-hydrogen) atoms. The highest BCUT2D eigenvalue weighted by Crippen LogP contribution is 2.29. The Kier molecular flexibility index (Phi) is 4.51. The van der Waals surface area contributed by atoms with Crippen LogP contribution in [0.3, 0.4) is 0 Å². The Balaban J connectivity index is 1.43. The smallest absolute Gasteiger partial charge is 0.268 e. The summed E-state index contributed by atoms with van der Waals surface area (Å²) in [6.07, 6.45) is 9.58.